The van der Waals surface area contributed by atoms with Crippen molar-refractivity contribution in [3.05, 3.63) is 47.7 Å². The number of oxime groups is 1. The number of aromatic nitrogens is 2. The second-order valence-electron chi connectivity index (χ2n) is 4.58. The third kappa shape index (κ3) is 3.92. The molecule has 0 bridgehead atoms. The van der Waals surface area contributed by atoms with Crippen molar-refractivity contribution in [3.63, 3.8) is 0 Å². The van der Waals surface area contributed by atoms with Crippen LogP contribution in [0.25, 0.3) is 0 Å². The maximum Gasteiger partial charge on any atom is 0.250 e. The third-order valence-corrected chi connectivity index (χ3v) is 3.03. The van der Waals surface area contributed by atoms with Crippen LogP contribution < -0.4 is 10.5 Å². The van der Waals surface area contributed by atoms with Crippen molar-refractivity contribution in [1.82, 2.24) is 10.2 Å². The molecule has 0 atom stereocenters. The first-order valence-electron chi connectivity index (χ1n) is 6.81. The quantitative estimate of drug-likeness (QED) is 0.368. The molecule has 3 N–H and O–H groups in total. The summed E-state index contributed by atoms with van der Waals surface area (Å²) in [5.41, 5.74) is 7.24. The molecule has 0 saturated heterocycles. The molecule has 0 aliphatic heterocycles. The number of hydrogen-bond acceptors (Lipinski definition) is 5. The SMILES string of the molecule is CCCCc1ccc(Oc2nnccc2/C(N)=N/O)cc1. The lowest BCUT2D eigenvalue weighted by molar-refractivity contribution is 0.318. The van der Waals surface area contributed by atoms with Crippen LogP contribution in [0.4, 0.5) is 0 Å². The van der Waals surface area contributed by atoms with Gasteiger partial charge >= 0.3 is 0 Å². The van der Waals surface area contributed by atoms with Crippen LogP contribution in [-0.4, -0.2) is 21.2 Å². The minimum atomic E-state index is -0.0699. The van der Waals surface area contributed by atoms with Gasteiger partial charge in [0, 0.05) is 0 Å². The topological polar surface area (TPSA) is 93.6 Å². The highest BCUT2D eigenvalue weighted by atomic mass is 16.5. The van der Waals surface area contributed by atoms with Gasteiger partial charge in [-0.2, -0.15) is 5.10 Å². The van der Waals surface area contributed by atoms with Crippen molar-refractivity contribution >= 4 is 5.84 Å². The Morgan fingerprint density at radius 3 is 2.71 bits per heavy atom. The second kappa shape index (κ2) is 7.23. The van der Waals surface area contributed by atoms with Crippen LogP contribution in [-0.2, 0) is 6.42 Å². The van der Waals surface area contributed by atoms with E-state index in [1.54, 1.807) is 6.07 Å². The Labute approximate surface area is 123 Å². The predicted octanol–water partition coefficient (Wildman–Crippen LogP) is 2.71. The van der Waals surface area contributed by atoms with Gasteiger partial charge in [-0.05, 0) is 36.6 Å². The van der Waals surface area contributed by atoms with E-state index in [0.29, 0.717) is 11.3 Å². The summed E-state index contributed by atoms with van der Waals surface area (Å²) in [5, 5.41) is 19.3. The van der Waals surface area contributed by atoms with E-state index in [1.165, 1.54) is 18.2 Å². The molecule has 0 radical (unpaired) electrons. The maximum atomic E-state index is 8.76. The van der Waals surface area contributed by atoms with E-state index < -0.39 is 0 Å². The first-order valence-corrected chi connectivity index (χ1v) is 6.81. The molecule has 6 heteroatoms. The summed E-state index contributed by atoms with van der Waals surface area (Å²) in [7, 11) is 0. The van der Waals surface area contributed by atoms with Gasteiger partial charge in [0.1, 0.15) is 5.75 Å². The van der Waals surface area contributed by atoms with E-state index >= 15 is 0 Å². The monoisotopic (exact) mass is 286 g/mol. The fourth-order valence-corrected chi connectivity index (χ4v) is 1.86. The molecule has 0 fully saturated rings. The normalized spacial score (nSPS) is 11.4. The number of ether oxygens (including phenoxy) is 1. The van der Waals surface area contributed by atoms with Crippen molar-refractivity contribution in [1.29, 1.82) is 0 Å². The molecule has 2 aromatic rings. The number of amidine groups is 1. The lowest BCUT2D eigenvalue weighted by atomic mass is 10.1. The van der Waals surface area contributed by atoms with E-state index in [4.69, 9.17) is 15.7 Å². The lowest BCUT2D eigenvalue weighted by Gasteiger charge is -2.08. The van der Waals surface area contributed by atoms with Crippen molar-refractivity contribution < 1.29 is 9.94 Å². The molecule has 110 valence electrons. The molecule has 0 saturated carbocycles. The molecule has 2 rings (SSSR count). The van der Waals surface area contributed by atoms with E-state index in [0.717, 1.165) is 12.8 Å². The fourth-order valence-electron chi connectivity index (χ4n) is 1.86. The average Bonchev–Trinajstić information content (AvgIpc) is 2.54. The molecular weight excluding hydrogens is 268 g/mol. The summed E-state index contributed by atoms with van der Waals surface area (Å²) >= 11 is 0. The first kappa shape index (κ1) is 14.8. The van der Waals surface area contributed by atoms with Gasteiger partial charge in [-0.3, -0.25) is 0 Å². The van der Waals surface area contributed by atoms with Gasteiger partial charge < -0.3 is 15.7 Å². The number of nitrogens with zero attached hydrogens (tertiary/aromatic N) is 3. The molecule has 21 heavy (non-hydrogen) atoms. The number of aryl methyl sites for hydroxylation is 1. The number of benzene rings is 1. The van der Waals surface area contributed by atoms with E-state index in [9.17, 15) is 0 Å². The zero-order valence-corrected chi connectivity index (χ0v) is 11.9. The highest BCUT2D eigenvalue weighted by Gasteiger charge is 2.11. The van der Waals surface area contributed by atoms with Gasteiger partial charge in [0.25, 0.3) is 0 Å². The summed E-state index contributed by atoms with van der Waals surface area (Å²) in [4.78, 5) is 0. The molecular formula is C15H18N4O2. The molecule has 0 amide bonds. The molecule has 0 spiro atoms. The summed E-state index contributed by atoms with van der Waals surface area (Å²) in [6, 6.07) is 9.35. The van der Waals surface area contributed by atoms with Crippen molar-refractivity contribution in [2.45, 2.75) is 26.2 Å². The van der Waals surface area contributed by atoms with Crippen LogP contribution in [0.1, 0.15) is 30.9 Å². The molecule has 1 heterocycles. The van der Waals surface area contributed by atoms with E-state index in [1.807, 2.05) is 24.3 Å². The smallest absolute Gasteiger partial charge is 0.250 e. The van der Waals surface area contributed by atoms with Crippen LogP contribution in [0.3, 0.4) is 0 Å². The largest absolute Gasteiger partial charge is 0.437 e. The molecule has 0 aliphatic carbocycles. The summed E-state index contributed by atoms with van der Waals surface area (Å²) in [5.74, 6) is 0.760. The Morgan fingerprint density at radius 2 is 2.05 bits per heavy atom. The third-order valence-electron chi connectivity index (χ3n) is 3.03. The van der Waals surface area contributed by atoms with Crippen molar-refractivity contribution in [3.8, 4) is 11.6 Å². The molecule has 1 aromatic heterocycles. The van der Waals surface area contributed by atoms with Crippen molar-refractivity contribution in [2.24, 2.45) is 10.9 Å². The Morgan fingerprint density at radius 1 is 1.29 bits per heavy atom. The van der Waals surface area contributed by atoms with Gasteiger partial charge in [-0.15, -0.1) is 5.10 Å². The highest BCUT2D eigenvalue weighted by Crippen LogP contribution is 2.22. The molecule has 0 aliphatic rings. The fraction of sp³-hybridized carbons (Fsp3) is 0.267. The van der Waals surface area contributed by atoms with Crippen LogP contribution in [0.5, 0.6) is 11.6 Å². The summed E-state index contributed by atoms with van der Waals surface area (Å²) < 4.78 is 5.65. The zero-order valence-electron chi connectivity index (χ0n) is 11.9. The second-order valence-corrected chi connectivity index (χ2v) is 4.58. The Balaban J connectivity index is 2.15. The lowest BCUT2D eigenvalue weighted by Crippen LogP contribution is -2.15. The number of nitrogens with two attached hydrogens (primary N) is 1. The number of unbranched alkanes of at least 4 members (excludes halogenated alkanes) is 1. The van der Waals surface area contributed by atoms with Crippen LogP contribution >= 0.6 is 0 Å². The zero-order chi connectivity index (χ0) is 15.1. The van der Waals surface area contributed by atoms with Gasteiger partial charge in [-0.25, -0.2) is 0 Å². The number of rotatable bonds is 6. The van der Waals surface area contributed by atoms with Gasteiger partial charge in [0.2, 0.25) is 5.88 Å². The number of hydrogen-bond donors (Lipinski definition) is 2. The maximum absolute atomic E-state index is 8.76. The standard InChI is InChI=1S/C15H18N4O2/c1-2-3-4-11-5-7-12(8-6-11)21-15-13(14(16)19-20)9-10-17-18-15/h5-10,20H,2-4H2,1H3,(H2,16,19). The minimum Gasteiger partial charge on any atom is -0.437 e. The highest BCUT2D eigenvalue weighted by molar-refractivity contribution is 5.98. The van der Waals surface area contributed by atoms with E-state index in [-0.39, 0.29) is 11.7 Å². The Bertz CT molecular complexity index is 611. The van der Waals surface area contributed by atoms with Gasteiger partial charge in [0.15, 0.2) is 5.84 Å². The first-order chi connectivity index (χ1) is 10.2. The van der Waals surface area contributed by atoms with E-state index in [2.05, 4.69) is 22.3 Å². The van der Waals surface area contributed by atoms with Crippen LogP contribution in [0.2, 0.25) is 0 Å². The minimum absolute atomic E-state index is 0.0699. The Kier molecular flexibility index (Phi) is 5.09. The molecule has 6 nitrogen and oxygen atoms in total. The molecule has 0 unspecified atom stereocenters. The Hall–Kier alpha value is -2.63. The predicted molar refractivity (Wildman–Crippen MR) is 79.7 cm³/mol. The van der Waals surface area contributed by atoms with Gasteiger partial charge in [-0.1, -0.05) is 30.6 Å². The average molecular weight is 286 g/mol. The van der Waals surface area contributed by atoms with Crippen LogP contribution in [0.15, 0.2) is 41.7 Å². The van der Waals surface area contributed by atoms with Crippen LogP contribution in [0, 0.1) is 0 Å². The molecule has 1 aromatic carbocycles. The summed E-state index contributed by atoms with van der Waals surface area (Å²) in [6.07, 6.45) is 4.84. The summed E-state index contributed by atoms with van der Waals surface area (Å²) in [6.45, 7) is 2.17. The van der Waals surface area contributed by atoms with Gasteiger partial charge in [0.05, 0.1) is 11.8 Å². The van der Waals surface area contributed by atoms with Crippen molar-refractivity contribution in [2.75, 3.05) is 0 Å².